The van der Waals surface area contributed by atoms with Crippen LogP contribution in [-0.4, -0.2) is 44.0 Å². The average Bonchev–Trinajstić information content (AvgIpc) is 2.72. The summed E-state index contributed by atoms with van der Waals surface area (Å²) in [5.74, 6) is -1.16. The van der Waals surface area contributed by atoms with Crippen molar-refractivity contribution in [3.8, 4) is 6.07 Å². The van der Waals surface area contributed by atoms with Crippen LogP contribution in [0, 0.1) is 11.3 Å². The predicted molar refractivity (Wildman–Crippen MR) is 113 cm³/mol. The summed E-state index contributed by atoms with van der Waals surface area (Å²) in [6, 6.07) is 18.8. The van der Waals surface area contributed by atoms with E-state index in [9.17, 15) is 14.9 Å². The molecular formula is C23H25N3O3. The van der Waals surface area contributed by atoms with Crippen molar-refractivity contribution >= 4 is 23.6 Å². The van der Waals surface area contributed by atoms with Crippen molar-refractivity contribution in [3.05, 3.63) is 71.3 Å². The number of hydrogen-bond donors (Lipinski definition) is 0. The van der Waals surface area contributed by atoms with Gasteiger partial charge in [-0.1, -0.05) is 42.5 Å². The van der Waals surface area contributed by atoms with Gasteiger partial charge in [-0.2, -0.15) is 5.26 Å². The molecule has 1 unspecified atom stereocenters. The molecule has 0 fully saturated rings. The average molecular weight is 391 g/mol. The van der Waals surface area contributed by atoms with E-state index < -0.39 is 12.1 Å². The maximum atomic E-state index is 12.5. The quantitative estimate of drug-likeness (QED) is 0.411. The normalized spacial score (nSPS) is 11.9. The molecule has 0 aromatic heterocycles. The molecule has 0 aliphatic heterocycles. The van der Waals surface area contributed by atoms with E-state index in [2.05, 4.69) is 0 Å². The van der Waals surface area contributed by atoms with E-state index in [0.29, 0.717) is 12.1 Å². The SMILES string of the molecule is CC(OC(=O)/C(C#N)=C/c1ccc(N(C)C)cc1)C(=O)N(C)Cc1ccccc1. The molecule has 0 spiro atoms. The van der Waals surface area contributed by atoms with Crippen LogP contribution in [0.15, 0.2) is 60.2 Å². The zero-order valence-corrected chi connectivity index (χ0v) is 17.1. The van der Waals surface area contributed by atoms with Crippen LogP contribution in [0.1, 0.15) is 18.1 Å². The van der Waals surface area contributed by atoms with E-state index >= 15 is 0 Å². The topological polar surface area (TPSA) is 73.6 Å². The van der Waals surface area contributed by atoms with Gasteiger partial charge in [0.15, 0.2) is 6.10 Å². The van der Waals surface area contributed by atoms with Crippen LogP contribution in [0.25, 0.3) is 6.08 Å². The highest BCUT2D eigenvalue weighted by atomic mass is 16.5. The number of rotatable bonds is 7. The number of likely N-dealkylation sites (N-methyl/N-ethyl adjacent to an activating group) is 1. The van der Waals surface area contributed by atoms with E-state index in [0.717, 1.165) is 11.3 Å². The fraction of sp³-hybridized carbons (Fsp3) is 0.261. The number of nitriles is 1. The second kappa shape index (κ2) is 10.1. The third-order valence-corrected chi connectivity index (χ3v) is 4.33. The van der Waals surface area contributed by atoms with Crippen molar-refractivity contribution in [2.24, 2.45) is 0 Å². The monoisotopic (exact) mass is 391 g/mol. The fourth-order valence-electron chi connectivity index (χ4n) is 2.69. The fourth-order valence-corrected chi connectivity index (χ4v) is 2.69. The summed E-state index contributed by atoms with van der Waals surface area (Å²) in [5.41, 5.74) is 2.52. The zero-order chi connectivity index (χ0) is 21.4. The summed E-state index contributed by atoms with van der Waals surface area (Å²) in [6.07, 6.45) is 0.455. The Labute approximate surface area is 171 Å². The lowest BCUT2D eigenvalue weighted by Crippen LogP contribution is -2.37. The Bertz CT molecular complexity index is 913. The second-order valence-corrected chi connectivity index (χ2v) is 6.88. The number of benzene rings is 2. The smallest absolute Gasteiger partial charge is 0.349 e. The molecule has 0 radical (unpaired) electrons. The first-order chi connectivity index (χ1) is 13.8. The first kappa shape index (κ1) is 21.7. The highest BCUT2D eigenvalue weighted by Crippen LogP contribution is 2.15. The maximum Gasteiger partial charge on any atom is 0.349 e. The molecule has 0 bridgehead atoms. The zero-order valence-electron chi connectivity index (χ0n) is 17.1. The number of carbonyl (C=O) groups excluding carboxylic acids is 2. The van der Waals surface area contributed by atoms with Crippen LogP contribution in [0.2, 0.25) is 0 Å². The highest BCUT2D eigenvalue weighted by Gasteiger charge is 2.23. The summed E-state index contributed by atoms with van der Waals surface area (Å²) < 4.78 is 5.23. The Balaban J connectivity index is 2.02. The highest BCUT2D eigenvalue weighted by molar-refractivity contribution is 5.99. The van der Waals surface area contributed by atoms with Gasteiger partial charge in [0.2, 0.25) is 0 Å². The third kappa shape index (κ3) is 6.22. The van der Waals surface area contributed by atoms with Crippen molar-refractivity contribution in [2.75, 3.05) is 26.0 Å². The van der Waals surface area contributed by atoms with E-state index in [1.165, 1.54) is 17.9 Å². The summed E-state index contributed by atoms with van der Waals surface area (Å²) >= 11 is 0. The van der Waals surface area contributed by atoms with Crippen LogP contribution in [0.3, 0.4) is 0 Å². The van der Waals surface area contributed by atoms with E-state index in [4.69, 9.17) is 4.74 Å². The minimum absolute atomic E-state index is 0.159. The Kier molecular flexibility index (Phi) is 7.55. The minimum Gasteiger partial charge on any atom is -0.448 e. The molecule has 1 atom stereocenters. The van der Waals surface area contributed by atoms with Crippen molar-refractivity contribution in [1.29, 1.82) is 5.26 Å². The number of ether oxygens (including phenoxy) is 1. The molecule has 2 rings (SSSR count). The minimum atomic E-state index is -0.996. The molecule has 6 nitrogen and oxygen atoms in total. The molecule has 0 aliphatic rings. The van der Waals surface area contributed by atoms with E-state index in [1.807, 2.05) is 79.7 Å². The summed E-state index contributed by atoms with van der Waals surface area (Å²) in [5, 5.41) is 9.33. The number of esters is 1. The van der Waals surface area contributed by atoms with E-state index in [1.54, 1.807) is 7.05 Å². The maximum absolute atomic E-state index is 12.5. The largest absolute Gasteiger partial charge is 0.448 e. The number of nitrogens with zero attached hydrogens (tertiary/aromatic N) is 3. The molecule has 0 aliphatic carbocycles. The standard InChI is InChI=1S/C23H25N3O3/c1-17(22(27)26(4)16-19-8-6-5-7-9-19)29-23(28)20(15-24)14-18-10-12-21(13-11-18)25(2)3/h5-14,17H,16H2,1-4H3/b20-14+. The van der Waals surface area contributed by atoms with Gasteiger partial charge < -0.3 is 14.5 Å². The molecule has 0 heterocycles. The van der Waals surface area contributed by atoms with Crippen LogP contribution in [0.4, 0.5) is 5.69 Å². The van der Waals surface area contributed by atoms with Crippen molar-refractivity contribution in [2.45, 2.75) is 19.6 Å². The third-order valence-electron chi connectivity index (χ3n) is 4.33. The molecule has 0 saturated heterocycles. The lowest BCUT2D eigenvalue weighted by molar-refractivity contribution is -0.155. The van der Waals surface area contributed by atoms with Gasteiger partial charge in [0.25, 0.3) is 5.91 Å². The van der Waals surface area contributed by atoms with Gasteiger partial charge >= 0.3 is 5.97 Å². The molecule has 29 heavy (non-hydrogen) atoms. The van der Waals surface area contributed by atoms with Crippen LogP contribution >= 0.6 is 0 Å². The first-order valence-corrected chi connectivity index (χ1v) is 9.21. The second-order valence-electron chi connectivity index (χ2n) is 6.88. The van der Waals surface area contributed by atoms with Crippen LogP contribution in [0.5, 0.6) is 0 Å². The lowest BCUT2D eigenvalue weighted by atomic mass is 10.1. The number of anilines is 1. The van der Waals surface area contributed by atoms with Crippen molar-refractivity contribution < 1.29 is 14.3 Å². The number of carbonyl (C=O) groups is 2. The lowest BCUT2D eigenvalue weighted by Gasteiger charge is -2.21. The van der Waals surface area contributed by atoms with Crippen LogP contribution < -0.4 is 4.90 Å². The number of hydrogen-bond acceptors (Lipinski definition) is 5. The molecule has 2 aromatic rings. The predicted octanol–water partition coefficient (Wildman–Crippen LogP) is 3.25. The molecule has 150 valence electrons. The van der Waals surface area contributed by atoms with Gasteiger partial charge in [-0.15, -0.1) is 0 Å². The van der Waals surface area contributed by atoms with Crippen molar-refractivity contribution in [3.63, 3.8) is 0 Å². The summed E-state index contributed by atoms with van der Waals surface area (Å²) in [6.45, 7) is 1.91. The van der Waals surface area contributed by atoms with Crippen LogP contribution in [-0.2, 0) is 20.9 Å². The first-order valence-electron chi connectivity index (χ1n) is 9.21. The summed E-state index contributed by atoms with van der Waals surface area (Å²) in [4.78, 5) is 28.3. The van der Waals surface area contributed by atoms with E-state index in [-0.39, 0.29) is 11.5 Å². The van der Waals surface area contributed by atoms with Gasteiger partial charge in [0, 0.05) is 33.4 Å². The summed E-state index contributed by atoms with van der Waals surface area (Å²) in [7, 11) is 5.50. The molecule has 0 saturated carbocycles. The Morgan fingerprint density at radius 2 is 1.69 bits per heavy atom. The van der Waals surface area contributed by atoms with Gasteiger partial charge in [-0.05, 0) is 36.3 Å². The van der Waals surface area contributed by atoms with Gasteiger partial charge in [0.05, 0.1) is 0 Å². The van der Waals surface area contributed by atoms with Gasteiger partial charge in [-0.25, -0.2) is 4.79 Å². The molecule has 6 heteroatoms. The Morgan fingerprint density at radius 3 is 2.24 bits per heavy atom. The van der Waals surface area contributed by atoms with Gasteiger partial charge in [0.1, 0.15) is 11.6 Å². The Hall–Kier alpha value is -3.59. The molecular weight excluding hydrogens is 366 g/mol. The van der Waals surface area contributed by atoms with Crippen molar-refractivity contribution in [1.82, 2.24) is 4.90 Å². The number of amides is 1. The van der Waals surface area contributed by atoms with Gasteiger partial charge in [-0.3, -0.25) is 4.79 Å². The molecule has 0 N–H and O–H groups in total. The molecule has 2 aromatic carbocycles. The Morgan fingerprint density at radius 1 is 1.07 bits per heavy atom. The molecule has 1 amide bonds.